The second-order valence-corrected chi connectivity index (χ2v) is 4.79. The van der Waals surface area contributed by atoms with E-state index in [0.29, 0.717) is 13.0 Å². The molecular weight excluding hydrogens is 252 g/mol. The molecular formula is C16H26N2O2. The van der Waals surface area contributed by atoms with Crippen LogP contribution in [-0.4, -0.2) is 25.7 Å². The SMILES string of the molecule is CCOC(=O)CCCCCN(CC)c1ccc(N)cc1. The first-order valence-electron chi connectivity index (χ1n) is 7.43. The highest BCUT2D eigenvalue weighted by molar-refractivity contribution is 5.69. The molecule has 1 aromatic rings. The van der Waals surface area contributed by atoms with E-state index in [9.17, 15) is 4.79 Å². The minimum Gasteiger partial charge on any atom is -0.466 e. The van der Waals surface area contributed by atoms with Crippen LogP contribution in [-0.2, 0) is 9.53 Å². The zero-order valence-electron chi connectivity index (χ0n) is 12.6. The van der Waals surface area contributed by atoms with Crippen molar-refractivity contribution in [3.8, 4) is 0 Å². The van der Waals surface area contributed by atoms with E-state index in [4.69, 9.17) is 10.5 Å². The van der Waals surface area contributed by atoms with Gasteiger partial charge in [0.1, 0.15) is 0 Å². The van der Waals surface area contributed by atoms with Gasteiger partial charge < -0.3 is 15.4 Å². The summed E-state index contributed by atoms with van der Waals surface area (Å²) in [5.74, 6) is -0.0848. The summed E-state index contributed by atoms with van der Waals surface area (Å²) >= 11 is 0. The zero-order valence-corrected chi connectivity index (χ0v) is 12.6. The Morgan fingerprint density at radius 2 is 1.85 bits per heavy atom. The zero-order chi connectivity index (χ0) is 14.8. The van der Waals surface area contributed by atoms with Gasteiger partial charge in [0.15, 0.2) is 0 Å². The van der Waals surface area contributed by atoms with E-state index in [2.05, 4.69) is 24.0 Å². The van der Waals surface area contributed by atoms with Gasteiger partial charge in [-0.2, -0.15) is 0 Å². The van der Waals surface area contributed by atoms with Crippen molar-refractivity contribution in [2.45, 2.75) is 39.5 Å². The van der Waals surface area contributed by atoms with Gasteiger partial charge in [-0.1, -0.05) is 6.42 Å². The summed E-state index contributed by atoms with van der Waals surface area (Å²) in [7, 11) is 0. The van der Waals surface area contributed by atoms with E-state index >= 15 is 0 Å². The lowest BCUT2D eigenvalue weighted by molar-refractivity contribution is -0.143. The molecule has 0 saturated heterocycles. The molecule has 0 spiro atoms. The number of nitrogens with zero attached hydrogens (tertiary/aromatic N) is 1. The van der Waals surface area contributed by atoms with Gasteiger partial charge in [-0.05, 0) is 51.0 Å². The molecule has 112 valence electrons. The topological polar surface area (TPSA) is 55.6 Å². The van der Waals surface area contributed by atoms with Crippen molar-refractivity contribution < 1.29 is 9.53 Å². The molecule has 4 heteroatoms. The van der Waals surface area contributed by atoms with Crippen LogP contribution in [0.25, 0.3) is 0 Å². The van der Waals surface area contributed by atoms with Crippen LogP contribution in [0.5, 0.6) is 0 Å². The lowest BCUT2D eigenvalue weighted by atomic mass is 10.1. The standard InChI is InChI=1S/C16H26N2O2/c1-3-18(15-11-9-14(17)10-12-15)13-7-5-6-8-16(19)20-4-2/h9-12H,3-8,13,17H2,1-2H3. The molecule has 0 saturated carbocycles. The van der Waals surface area contributed by atoms with Crippen LogP contribution in [0.3, 0.4) is 0 Å². The fourth-order valence-electron chi connectivity index (χ4n) is 2.14. The van der Waals surface area contributed by atoms with Gasteiger partial charge in [0, 0.05) is 30.9 Å². The van der Waals surface area contributed by atoms with Crippen molar-refractivity contribution in [2.75, 3.05) is 30.3 Å². The quantitative estimate of drug-likeness (QED) is 0.428. The molecule has 0 aromatic heterocycles. The fourth-order valence-corrected chi connectivity index (χ4v) is 2.14. The largest absolute Gasteiger partial charge is 0.466 e. The molecule has 1 aromatic carbocycles. The van der Waals surface area contributed by atoms with E-state index in [1.165, 1.54) is 5.69 Å². The number of hydrogen-bond donors (Lipinski definition) is 1. The predicted molar refractivity (Wildman–Crippen MR) is 83.8 cm³/mol. The van der Waals surface area contributed by atoms with Crippen LogP contribution in [0, 0.1) is 0 Å². The highest BCUT2D eigenvalue weighted by Crippen LogP contribution is 2.17. The Morgan fingerprint density at radius 3 is 2.45 bits per heavy atom. The van der Waals surface area contributed by atoms with E-state index < -0.39 is 0 Å². The van der Waals surface area contributed by atoms with Crippen molar-refractivity contribution >= 4 is 17.3 Å². The number of ether oxygens (including phenoxy) is 1. The van der Waals surface area contributed by atoms with Crippen LogP contribution in [0.1, 0.15) is 39.5 Å². The van der Waals surface area contributed by atoms with Crippen molar-refractivity contribution in [1.29, 1.82) is 0 Å². The van der Waals surface area contributed by atoms with Crippen molar-refractivity contribution in [2.24, 2.45) is 0 Å². The molecule has 0 heterocycles. The maximum Gasteiger partial charge on any atom is 0.305 e. The summed E-state index contributed by atoms with van der Waals surface area (Å²) < 4.78 is 4.91. The third-order valence-corrected chi connectivity index (χ3v) is 3.25. The van der Waals surface area contributed by atoms with Gasteiger partial charge in [-0.15, -0.1) is 0 Å². The molecule has 2 N–H and O–H groups in total. The van der Waals surface area contributed by atoms with Crippen molar-refractivity contribution in [3.05, 3.63) is 24.3 Å². The van der Waals surface area contributed by atoms with E-state index in [0.717, 1.165) is 38.0 Å². The van der Waals surface area contributed by atoms with E-state index in [1.807, 2.05) is 19.1 Å². The lowest BCUT2D eigenvalue weighted by Gasteiger charge is -2.23. The second-order valence-electron chi connectivity index (χ2n) is 4.79. The van der Waals surface area contributed by atoms with Crippen LogP contribution < -0.4 is 10.6 Å². The smallest absolute Gasteiger partial charge is 0.305 e. The molecule has 4 nitrogen and oxygen atoms in total. The van der Waals surface area contributed by atoms with Crippen LogP contribution in [0.2, 0.25) is 0 Å². The predicted octanol–water partition coefficient (Wildman–Crippen LogP) is 3.22. The minimum absolute atomic E-state index is 0.0848. The summed E-state index contributed by atoms with van der Waals surface area (Å²) in [5, 5.41) is 0. The average molecular weight is 278 g/mol. The highest BCUT2D eigenvalue weighted by Gasteiger charge is 2.05. The molecule has 0 fully saturated rings. The fraction of sp³-hybridized carbons (Fsp3) is 0.562. The minimum atomic E-state index is -0.0848. The number of unbranched alkanes of at least 4 members (excludes halogenated alkanes) is 2. The van der Waals surface area contributed by atoms with Gasteiger partial charge in [0.2, 0.25) is 0 Å². The van der Waals surface area contributed by atoms with Crippen LogP contribution in [0.15, 0.2) is 24.3 Å². The molecule has 0 atom stereocenters. The summed E-state index contributed by atoms with van der Waals surface area (Å²) in [4.78, 5) is 13.5. The Hall–Kier alpha value is -1.71. The first-order valence-corrected chi connectivity index (χ1v) is 7.43. The van der Waals surface area contributed by atoms with Gasteiger partial charge >= 0.3 is 5.97 Å². The number of nitrogen functional groups attached to an aromatic ring is 1. The van der Waals surface area contributed by atoms with Crippen molar-refractivity contribution in [1.82, 2.24) is 0 Å². The monoisotopic (exact) mass is 278 g/mol. The van der Waals surface area contributed by atoms with Gasteiger partial charge in [0.05, 0.1) is 6.61 Å². The molecule has 1 rings (SSSR count). The normalized spacial score (nSPS) is 10.3. The third kappa shape index (κ3) is 5.95. The number of benzene rings is 1. The molecule has 0 aliphatic rings. The maximum atomic E-state index is 11.2. The number of esters is 1. The molecule has 0 bridgehead atoms. The Kier molecular flexibility index (Phi) is 7.55. The van der Waals surface area contributed by atoms with E-state index in [1.54, 1.807) is 0 Å². The maximum absolute atomic E-state index is 11.2. The summed E-state index contributed by atoms with van der Waals surface area (Å²) in [5.41, 5.74) is 7.69. The number of carbonyl (C=O) groups excluding carboxylic acids is 1. The average Bonchev–Trinajstić information content (AvgIpc) is 2.44. The molecule has 0 unspecified atom stereocenters. The number of hydrogen-bond acceptors (Lipinski definition) is 4. The first-order chi connectivity index (χ1) is 9.67. The van der Waals surface area contributed by atoms with Gasteiger partial charge in [-0.3, -0.25) is 4.79 Å². The summed E-state index contributed by atoms with van der Waals surface area (Å²) in [6.07, 6.45) is 3.56. The first kappa shape index (κ1) is 16.3. The van der Waals surface area contributed by atoms with Gasteiger partial charge in [-0.25, -0.2) is 0 Å². The Morgan fingerprint density at radius 1 is 1.15 bits per heavy atom. The number of anilines is 2. The highest BCUT2D eigenvalue weighted by atomic mass is 16.5. The van der Waals surface area contributed by atoms with Crippen molar-refractivity contribution in [3.63, 3.8) is 0 Å². The molecule has 0 amide bonds. The molecule has 0 radical (unpaired) electrons. The number of nitrogens with two attached hydrogens (primary N) is 1. The molecule has 20 heavy (non-hydrogen) atoms. The van der Waals surface area contributed by atoms with Crippen LogP contribution >= 0.6 is 0 Å². The van der Waals surface area contributed by atoms with Gasteiger partial charge in [0.25, 0.3) is 0 Å². The Bertz CT molecular complexity index is 390. The lowest BCUT2D eigenvalue weighted by Crippen LogP contribution is -2.23. The number of carbonyl (C=O) groups is 1. The van der Waals surface area contributed by atoms with E-state index in [-0.39, 0.29) is 5.97 Å². The van der Waals surface area contributed by atoms with Crippen LogP contribution in [0.4, 0.5) is 11.4 Å². The molecule has 0 aliphatic carbocycles. The Balaban J connectivity index is 2.25. The summed E-state index contributed by atoms with van der Waals surface area (Å²) in [6, 6.07) is 7.96. The molecule has 0 aliphatic heterocycles. The summed E-state index contributed by atoms with van der Waals surface area (Å²) in [6.45, 7) is 6.43. The Labute approximate surface area is 121 Å². The third-order valence-electron chi connectivity index (χ3n) is 3.25. The number of rotatable bonds is 9. The second kappa shape index (κ2) is 9.23.